The molecule has 2 amide bonds. The van der Waals surface area contributed by atoms with Crippen LogP contribution in [0.5, 0.6) is 0 Å². The molecule has 0 unspecified atom stereocenters. The van der Waals surface area contributed by atoms with Gasteiger partial charge in [-0.1, -0.05) is 6.07 Å². The number of nitrogens with two attached hydrogens (primary N) is 2. The summed E-state index contributed by atoms with van der Waals surface area (Å²) in [6.45, 7) is -0.140. The molecule has 29 heavy (non-hydrogen) atoms. The second-order valence-corrected chi connectivity index (χ2v) is 7.67. The average Bonchev–Trinajstić information content (AvgIpc) is 2.57. The molecule has 0 aliphatic carbocycles. The van der Waals surface area contributed by atoms with Gasteiger partial charge in [0.1, 0.15) is 5.82 Å². The molecule has 0 saturated heterocycles. The minimum Gasteiger partial charge on any atom is -0.475 e. The molecule has 14 heteroatoms. The van der Waals surface area contributed by atoms with Crippen LogP contribution in [-0.2, 0) is 30.8 Å². The Bertz CT molecular complexity index is 858. The van der Waals surface area contributed by atoms with E-state index >= 15 is 0 Å². The number of alkyl halides is 3. The van der Waals surface area contributed by atoms with Gasteiger partial charge in [-0.25, -0.2) is 17.6 Å². The highest BCUT2D eigenvalue weighted by Crippen LogP contribution is 2.15. The number of sulfone groups is 1. The van der Waals surface area contributed by atoms with Crippen LogP contribution in [0.1, 0.15) is 18.4 Å². The van der Waals surface area contributed by atoms with Crippen molar-refractivity contribution in [1.29, 1.82) is 0 Å². The maximum absolute atomic E-state index is 13.8. The number of carbonyl (C=O) groups is 3. The Balaban J connectivity index is 0.000000956. The third-order valence-electron chi connectivity index (χ3n) is 3.19. The van der Waals surface area contributed by atoms with Gasteiger partial charge in [-0.2, -0.15) is 13.2 Å². The summed E-state index contributed by atoms with van der Waals surface area (Å²) in [4.78, 5) is 31.0. The summed E-state index contributed by atoms with van der Waals surface area (Å²) in [6, 6.07) is 2.50. The predicted octanol–water partition coefficient (Wildman–Crippen LogP) is 0.0715. The fourth-order valence-corrected chi connectivity index (χ4v) is 2.28. The molecule has 0 aliphatic heterocycles. The van der Waals surface area contributed by atoms with Gasteiger partial charge < -0.3 is 21.9 Å². The summed E-state index contributed by atoms with van der Waals surface area (Å²) in [5, 5.41) is 9.54. The van der Waals surface area contributed by atoms with E-state index in [1.165, 1.54) is 12.1 Å². The Kier molecular flexibility index (Phi) is 9.70. The van der Waals surface area contributed by atoms with Crippen LogP contribution >= 0.6 is 0 Å². The maximum Gasteiger partial charge on any atom is 0.490 e. The largest absolute Gasteiger partial charge is 0.490 e. The number of hydrogen-bond donors (Lipinski definition) is 4. The molecular weight excluding hydrogens is 426 g/mol. The number of rotatable bonds is 7. The zero-order valence-corrected chi connectivity index (χ0v) is 15.8. The minimum absolute atomic E-state index is 0.0218. The number of halogens is 4. The molecule has 0 bridgehead atoms. The molecule has 0 saturated carbocycles. The van der Waals surface area contributed by atoms with Crippen molar-refractivity contribution < 1.29 is 45.5 Å². The van der Waals surface area contributed by atoms with Gasteiger partial charge in [0.2, 0.25) is 11.8 Å². The summed E-state index contributed by atoms with van der Waals surface area (Å²) in [5.41, 5.74) is 10.6. The summed E-state index contributed by atoms with van der Waals surface area (Å²) < 4.78 is 68.1. The first kappa shape index (κ1) is 26.3. The van der Waals surface area contributed by atoms with Crippen LogP contribution in [0, 0.1) is 5.82 Å². The highest BCUT2D eigenvalue weighted by molar-refractivity contribution is 7.90. The van der Waals surface area contributed by atoms with E-state index in [0.717, 1.165) is 12.3 Å². The van der Waals surface area contributed by atoms with E-state index in [0.29, 0.717) is 0 Å². The Morgan fingerprint density at radius 2 is 1.76 bits per heavy atom. The molecule has 0 spiro atoms. The molecule has 0 fully saturated rings. The van der Waals surface area contributed by atoms with E-state index in [1.807, 2.05) is 0 Å². The highest BCUT2D eigenvalue weighted by Gasteiger charge is 2.38. The second-order valence-electron chi connectivity index (χ2n) is 5.66. The molecule has 1 atom stereocenters. The molecule has 0 aliphatic rings. The number of benzene rings is 1. The third kappa shape index (κ3) is 10.4. The van der Waals surface area contributed by atoms with Crippen molar-refractivity contribution >= 4 is 27.6 Å². The minimum atomic E-state index is -5.08. The Labute approximate surface area is 163 Å². The lowest BCUT2D eigenvalue weighted by atomic mass is 10.1. The van der Waals surface area contributed by atoms with Gasteiger partial charge in [0, 0.05) is 24.8 Å². The van der Waals surface area contributed by atoms with E-state index in [4.69, 9.17) is 21.4 Å². The Morgan fingerprint density at radius 1 is 1.24 bits per heavy atom. The monoisotopic (exact) mass is 445 g/mol. The zero-order chi connectivity index (χ0) is 23.0. The number of primary amides is 1. The molecular formula is C15H19F4N3O6S. The first-order valence-electron chi connectivity index (χ1n) is 7.66. The SMILES string of the molecule is CS(=O)(=O)c1ccc(CNC(=O)[C@@H](N)CCC(N)=O)c(F)c1.O=C(O)C(F)(F)F. The van der Waals surface area contributed by atoms with Crippen LogP contribution in [-0.4, -0.2) is 49.8 Å². The van der Waals surface area contributed by atoms with Crippen LogP contribution in [0.4, 0.5) is 17.6 Å². The standard InChI is InChI=1S/C13H18FN3O4S.C2HF3O2/c1-22(20,21)9-3-2-8(10(14)6-9)7-17-13(19)11(15)4-5-12(16)18;3-2(4,5)1(6)7/h2-3,6,11H,4-5,7,15H2,1H3,(H2,16,18)(H,17,19);(H,6,7)/t11-;/m0./s1. The average molecular weight is 445 g/mol. The summed E-state index contributed by atoms with van der Waals surface area (Å²) in [5.74, 6) is -4.61. The molecule has 0 aromatic heterocycles. The fraction of sp³-hybridized carbons (Fsp3) is 0.400. The van der Waals surface area contributed by atoms with E-state index in [1.54, 1.807) is 0 Å². The van der Waals surface area contributed by atoms with Gasteiger partial charge in [0.25, 0.3) is 0 Å². The number of nitrogens with one attached hydrogen (secondary N) is 1. The van der Waals surface area contributed by atoms with E-state index in [9.17, 15) is 35.6 Å². The summed E-state index contributed by atoms with van der Waals surface area (Å²) in [6.07, 6.45) is -4.04. The number of carbonyl (C=O) groups excluding carboxylic acids is 2. The smallest absolute Gasteiger partial charge is 0.475 e. The molecule has 9 nitrogen and oxygen atoms in total. The molecule has 0 heterocycles. The summed E-state index contributed by atoms with van der Waals surface area (Å²) in [7, 11) is -3.49. The second kappa shape index (κ2) is 10.7. The van der Waals surface area contributed by atoms with Crippen molar-refractivity contribution in [2.75, 3.05) is 6.26 Å². The van der Waals surface area contributed by atoms with Crippen molar-refractivity contribution in [2.45, 2.75) is 36.5 Å². The van der Waals surface area contributed by atoms with Gasteiger partial charge in [-0.05, 0) is 18.6 Å². The van der Waals surface area contributed by atoms with Gasteiger partial charge in [-0.3, -0.25) is 9.59 Å². The number of aliphatic carboxylic acids is 1. The van der Waals surface area contributed by atoms with Crippen molar-refractivity contribution in [2.24, 2.45) is 11.5 Å². The molecule has 1 aromatic carbocycles. The lowest BCUT2D eigenvalue weighted by Crippen LogP contribution is -2.40. The molecule has 6 N–H and O–H groups in total. The van der Waals surface area contributed by atoms with Crippen LogP contribution in [0.25, 0.3) is 0 Å². The van der Waals surface area contributed by atoms with E-state index < -0.39 is 45.7 Å². The van der Waals surface area contributed by atoms with Crippen LogP contribution in [0.2, 0.25) is 0 Å². The van der Waals surface area contributed by atoms with Gasteiger partial charge in [0.15, 0.2) is 9.84 Å². The van der Waals surface area contributed by atoms with Crippen molar-refractivity contribution in [3.05, 3.63) is 29.6 Å². The van der Waals surface area contributed by atoms with Gasteiger partial charge >= 0.3 is 12.1 Å². The predicted molar refractivity (Wildman–Crippen MR) is 91.5 cm³/mol. The van der Waals surface area contributed by atoms with Gasteiger partial charge in [-0.15, -0.1) is 0 Å². The van der Waals surface area contributed by atoms with Crippen LogP contribution < -0.4 is 16.8 Å². The quantitative estimate of drug-likeness (QED) is 0.430. The van der Waals surface area contributed by atoms with Crippen LogP contribution in [0.15, 0.2) is 23.1 Å². The van der Waals surface area contributed by atoms with Crippen LogP contribution in [0.3, 0.4) is 0 Å². The van der Waals surface area contributed by atoms with E-state index in [-0.39, 0.29) is 29.8 Å². The molecule has 164 valence electrons. The fourth-order valence-electron chi connectivity index (χ4n) is 1.64. The Morgan fingerprint density at radius 3 is 2.14 bits per heavy atom. The zero-order valence-electron chi connectivity index (χ0n) is 15.0. The van der Waals surface area contributed by atoms with Crippen molar-refractivity contribution in [1.82, 2.24) is 5.32 Å². The number of carboxylic acid groups (broad SMARTS) is 1. The Hall–Kier alpha value is -2.74. The number of hydrogen-bond acceptors (Lipinski definition) is 6. The number of carboxylic acids is 1. The lowest BCUT2D eigenvalue weighted by Gasteiger charge is -2.12. The topological polar surface area (TPSA) is 170 Å². The third-order valence-corrected chi connectivity index (χ3v) is 4.30. The first-order chi connectivity index (χ1) is 13.1. The summed E-state index contributed by atoms with van der Waals surface area (Å²) >= 11 is 0. The number of amides is 2. The molecule has 1 rings (SSSR count). The normalized spacial score (nSPS) is 12.3. The lowest BCUT2D eigenvalue weighted by molar-refractivity contribution is -0.192. The van der Waals surface area contributed by atoms with Gasteiger partial charge in [0.05, 0.1) is 10.9 Å². The van der Waals surface area contributed by atoms with E-state index in [2.05, 4.69) is 5.32 Å². The maximum atomic E-state index is 13.8. The first-order valence-corrected chi connectivity index (χ1v) is 9.55. The molecule has 1 aromatic rings. The van der Waals surface area contributed by atoms with Crippen molar-refractivity contribution in [3.63, 3.8) is 0 Å². The van der Waals surface area contributed by atoms with Crippen molar-refractivity contribution in [3.8, 4) is 0 Å². The molecule has 0 radical (unpaired) electrons. The highest BCUT2D eigenvalue weighted by atomic mass is 32.2.